The summed E-state index contributed by atoms with van der Waals surface area (Å²) in [5.41, 5.74) is 22.4. The summed E-state index contributed by atoms with van der Waals surface area (Å²) in [4.78, 5) is 19.5. The average Bonchev–Trinajstić information content (AvgIpc) is 4.12. The largest absolute Gasteiger partial charge is 0.491 e. The molecule has 0 fully saturated rings. The van der Waals surface area contributed by atoms with E-state index in [1.165, 1.54) is 22.3 Å². The van der Waals surface area contributed by atoms with Gasteiger partial charge in [-0.3, -0.25) is 0 Å². The summed E-state index contributed by atoms with van der Waals surface area (Å²) in [6, 6.07) is 32.9. The smallest absolute Gasteiger partial charge is 0.127 e. The van der Waals surface area contributed by atoms with Crippen molar-refractivity contribution in [3.8, 4) is 56.8 Å². The normalized spacial score (nSPS) is 15.9. The molecule has 84 heavy (non-hydrogen) atoms. The molecule has 14 rings (SSSR count). The third kappa shape index (κ3) is 12.5. The van der Waals surface area contributed by atoms with Crippen molar-refractivity contribution in [2.45, 2.75) is 94.3 Å². The monoisotopic (exact) mass is 1130 g/mol. The zero-order valence-corrected chi connectivity index (χ0v) is 49.9. The van der Waals surface area contributed by atoms with Crippen LogP contribution in [0.4, 0.5) is 0 Å². The summed E-state index contributed by atoms with van der Waals surface area (Å²) in [6.07, 6.45) is 3.14. The Kier molecular flexibility index (Phi) is 18.5. The van der Waals surface area contributed by atoms with E-state index >= 15 is 0 Å². The van der Waals surface area contributed by atoms with Crippen LogP contribution in [0.3, 0.4) is 0 Å². The maximum Gasteiger partial charge on any atom is 0.127 e. The molecule has 2 N–H and O–H groups in total. The molecule has 7 aliphatic rings. The molecule has 4 aromatic carbocycles. The van der Waals surface area contributed by atoms with Gasteiger partial charge in [-0.15, -0.1) is 0 Å². The van der Waals surface area contributed by atoms with Crippen molar-refractivity contribution in [2.75, 3.05) is 79.3 Å². The lowest BCUT2D eigenvalue weighted by Crippen LogP contribution is -2.14. The number of hydrogen-bond acceptors (Lipinski definition) is 12. The summed E-state index contributed by atoms with van der Waals surface area (Å²) in [6.45, 7) is 22.5. The number of H-pyrrole nitrogens is 2. The van der Waals surface area contributed by atoms with Gasteiger partial charge in [0.1, 0.15) is 74.1 Å². The van der Waals surface area contributed by atoms with E-state index in [1.54, 1.807) is 0 Å². The van der Waals surface area contributed by atoms with Crippen LogP contribution in [-0.2, 0) is 45.0 Å². The van der Waals surface area contributed by atoms with Gasteiger partial charge in [0.15, 0.2) is 0 Å². The van der Waals surface area contributed by atoms with Crippen molar-refractivity contribution in [1.82, 2.24) is 19.9 Å². The lowest BCUT2D eigenvalue weighted by Gasteiger charge is -2.17. The quantitative estimate of drug-likeness (QED) is 0.173. The van der Waals surface area contributed by atoms with Crippen LogP contribution < -0.4 is 28.4 Å². The Bertz CT molecular complexity index is 3590. The number of aromatic amines is 2. The van der Waals surface area contributed by atoms with Crippen molar-refractivity contribution in [3.63, 3.8) is 0 Å². The van der Waals surface area contributed by atoms with Gasteiger partial charge in [0, 0.05) is 45.4 Å². The molecule has 10 heterocycles. The fourth-order valence-electron chi connectivity index (χ4n) is 12.0. The standard InChI is InChI=1S/C70H78N4O10/c1-9-53-43(5)67-65-57-17-13-15-19-63(57)83-41-47-33-49-37-50(34-47)80-30-26-76-22-24-78-28-32-82-52-36-48(35-51(38-52)81-31-27-77-23-21-75-25-29-79-49)42-84-64-20-16-14-18-58(64)66(69-44(6)54(10-2)60(72-69)39-59(53)71-67)70-46(8)56(12-4)62(74-70)40-61-55(11-3)45(7)68(65)73-61/h13-20,33-40,71,73H,9-12,21-32,41-42H2,1-8H3. The van der Waals surface area contributed by atoms with E-state index in [2.05, 4.69) is 108 Å². The number of ether oxygens (including phenoxy) is 10. The molecule has 0 amide bonds. The van der Waals surface area contributed by atoms with Crippen LogP contribution in [0.25, 0.3) is 66.6 Å². The van der Waals surface area contributed by atoms with Crippen molar-refractivity contribution in [3.05, 3.63) is 153 Å². The number of hydrogen-bond donors (Lipinski definition) is 2. The van der Waals surface area contributed by atoms with E-state index in [-0.39, 0.29) is 13.2 Å². The number of allylic oxidation sites excluding steroid dienone is 4. The molecule has 0 aliphatic carbocycles. The lowest BCUT2D eigenvalue weighted by molar-refractivity contribution is 0.0260. The first kappa shape index (κ1) is 57.9. The minimum Gasteiger partial charge on any atom is -0.491 e. The predicted octanol–water partition coefficient (Wildman–Crippen LogP) is 14.8. The first-order valence-electron chi connectivity index (χ1n) is 29.9. The number of nitrogens with one attached hydrogen (secondary N) is 2. The molecular weight excluding hydrogens is 1060 g/mol. The van der Waals surface area contributed by atoms with Crippen LogP contribution >= 0.6 is 0 Å². The Morgan fingerprint density at radius 2 is 0.750 bits per heavy atom. The second-order valence-electron chi connectivity index (χ2n) is 21.4. The van der Waals surface area contributed by atoms with Gasteiger partial charge < -0.3 is 57.3 Å². The molecule has 7 aromatic rings. The van der Waals surface area contributed by atoms with Crippen molar-refractivity contribution in [2.24, 2.45) is 0 Å². The number of nitrogens with zero attached hydrogens (tertiary/aromatic N) is 2. The van der Waals surface area contributed by atoms with Crippen LogP contribution in [0, 0.1) is 13.8 Å². The summed E-state index contributed by atoms with van der Waals surface area (Å²) in [7, 11) is 0. The van der Waals surface area contributed by atoms with E-state index in [0.717, 1.165) is 132 Å². The molecule has 7 aliphatic heterocycles. The molecule has 0 saturated heterocycles. The highest BCUT2D eigenvalue weighted by molar-refractivity contribution is 6.04. The van der Waals surface area contributed by atoms with Gasteiger partial charge in [0.2, 0.25) is 0 Å². The molecule has 16 bridgehead atoms. The first-order valence-corrected chi connectivity index (χ1v) is 29.9. The summed E-state index contributed by atoms with van der Waals surface area (Å²) in [5, 5.41) is 0. The van der Waals surface area contributed by atoms with Gasteiger partial charge in [-0.05, 0) is 158 Å². The maximum absolute atomic E-state index is 7.02. The number of para-hydroxylation sites is 2. The highest BCUT2D eigenvalue weighted by Gasteiger charge is 2.29. The van der Waals surface area contributed by atoms with E-state index in [1.807, 2.05) is 54.6 Å². The highest BCUT2D eigenvalue weighted by Crippen LogP contribution is 2.47. The number of rotatable bonds is 4. The first-order chi connectivity index (χ1) is 41.1. The SMILES string of the molecule is CCC1=C(C)c2nc1cc1[nH]c(c(C)c1CC)c1c3[nH]c(cc4nc(c2-c2ccccc2OCc2cc5cc(c2)OCCOCCOCCOc2cc(cc(c2)OCCOCCOCCO5)COc2ccccc2-1)C(C)=C4CC)c(CC)c3C. The van der Waals surface area contributed by atoms with Crippen molar-refractivity contribution < 1.29 is 47.4 Å². The van der Waals surface area contributed by atoms with E-state index in [4.69, 9.17) is 57.3 Å². The Balaban J connectivity index is 1.18. The topological polar surface area (TPSA) is 150 Å². The number of benzene rings is 4. The zero-order valence-electron chi connectivity index (χ0n) is 49.9. The molecule has 14 heteroatoms. The third-order valence-electron chi connectivity index (χ3n) is 16.2. The predicted molar refractivity (Wildman–Crippen MR) is 332 cm³/mol. The molecule has 438 valence electrons. The number of aromatic nitrogens is 4. The van der Waals surface area contributed by atoms with Gasteiger partial charge in [-0.2, -0.15) is 0 Å². The van der Waals surface area contributed by atoms with E-state index in [0.29, 0.717) is 108 Å². The second-order valence-corrected chi connectivity index (χ2v) is 21.4. The van der Waals surface area contributed by atoms with E-state index in [9.17, 15) is 0 Å². The molecule has 3 aromatic heterocycles. The van der Waals surface area contributed by atoms with Crippen LogP contribution in [0.1, 0.15) is 111 Å². The molecule has 0 radical (unpaired) electrons. The minimum absolute atomic E-state index is 0.219. The molecule has 0 saturated carbocycles. The van der Waals surface area contributed by atoms with Crippen LogP contribution in [0.15, 0.2) is 97.1 Å². The second kappa shape index (κ2) is 26.8. The van der Waals surface area contributed by atoms with Gasteiger partial charge >= 0.3 is 0 Å². The average molecular weight is 1140 g/mol. The van der Waals surface area contributed by atoms with Crippen LogP contribution in [0.2, 0.25) is 0 Å². The van der Waals surface area contributed by atoms with Crippen molar-refractivity contribution >= 4 is 44.4 Å². The number of aryl methyl sites for hydroxylation is 4. The minimum atomic E-state index is 0.219. The Morgan fingerprint density at radius 1 is 0.393 bits per heavy atom. The third-order valence-corrected chi connectivity index (χ3v) is 16.2. The molecule has 0 atom stereocenters. The summed E-state index contributed by atoms with van der Waals surface area (Å²) >= 11 is 0. The van der Waals surface area contributed by atoms with Crippen molar-refractivity contribution in [1.29, 1.82) is 0 Å². The lowest BCUT2D eigenvalue weighted by atomic mass is 9.93. The van der Waals surface area contributed by atoms with Crippen LogP contribution in [0.5, 0.6) is 34.5 Å². The van der Waals surface area contributed by atoms with Gasteiger partial charge in [0.25, 0.3) is 0 Å². The Hall–Kier alpha value is -7.88. The Morgan fingerprint density at radius 3 is 1.12 bits per heavy atom. The fraction of sp³-hybridized carbons (Fsp3) is 0.371. The fourth-order valence-corrected chi connectivity index (χ4v) is 12.0. The molecule has 14 nitrogen and oxygen atoms in total. The van der Waals surface area contributed by atoms with E-state index < -0.39 is 0 Å². The van der Waals surface area contributed by atoms with Gasteiger partial charge in [0.05, 0.1) is 86.7 Å². The summed E-state index contributed by atoms with van der Waals surface area (Å²) < 4.78 is 63.2. The Labute approximate surface area is 493 Å². The summed E-state index contributed by atoms with van der Waals surface area (Å²) in [5.74, 6) is 3.95. The molecule has 0 unspecified atom stereocenters. The highest BCUT2D eigenvalue weighted by atomic mass is 16.6. The zero-order chi connectivity index (χ0) is 58.1. The maximum atomic E-state index is 7.02. The van der Waals surface area contributed by atoms with Crippen LogP contribution in [-0.4, -0.2) is 99.2 Å². The van der Waals surface area contributed by atoms with Gasteiger partial charge in [-0.25, -0.2) is 9.97 Å². The molecule has 0 spiro atoms. The molecular formula is C70H78N4O10. The van der Waals surface area contributed by atoms with Gasteiger partial charge in [-0.1, -0.05) is 64.1 Å².